The van der Waals surface area contributed by atoms with Crippen molar-refractivity contribution in [1.82, 2.24) is 14.8 Å². The molecule has 1 aliphatic rings. The molecule has 166 valence electrons. The number of rotatable bonds is 4. The third-order valence-electron chi connectivity index (χ3n) is 4.88. The van der Waals surface area contributed by atoms with E-state index < -0.39 is 33.3 Å². The van der Waals surface area contributed by atoms with E-state index in [-0.39, 0.29) is 16.4 Å². The van der Waals surface area contributed by atoms with Gasteiger partial charge in [0, 0.05) is 39.3 Å². The first-order valence-corrected chi connectivity index (χ1v) is 10.2. The van der Waals surface area contributed by atoms with Gasteiger partial charge in [0.2, 0.25) is 0 Å². The van der Waals surface area contributed by atoms with Crippen LogP contribution < -0.4 is 10.5 Å². The van der Waals surface area contributed by atoms with E-state index in [9.17, 15) is 28.1 Å². The summed E-state index contributed by atoms with van der Waals surface area (Å²) in [5.41, 5.74) is -2.98. The molecule has 0 amide bonds. The molecule has 31 heavy (non-hydrogen) atoms. The highest BCUT2D eigenvalue weighted by atomic mass is 32.1. The van der Waals surface area contributed by atoms with Crippen molar-refractivity contribution in [2.24, 2.45) is 0 Å². The summed E-state index contributed by atoms with van der Waals surface area (Å²) in [4.78, 5) is 32.6. The summed E-state index contributed by atoms with van der Waals surface area (Å²) in [5.74, 6) is 6.04. The number of alkyl halides is 3. The zero-order valence-electron chi connectivity index (χ0n) is 16.9. The van der Waals surface area contributed by atoms with Crippen LogP contribution in [0.25, 0.3) is 10.1 Å². The van der Waals surface area contributed by atoms with Gasteiger partial charge in [0.1, 0.15) is 4.70 Å². The Morgan fingerprint density at radius 2 is 1.94 bits per heavy atom. The fourth-order valence-corrected chi connectivity index (χ4v) is 4.04. The van der Waals surface area contributed by atoms with Crippen molar-refractivity contribution in [2.75, 3.05) is 58.3 Å². The van der Waals surface area contributed by atoms with Gasteiger partial charge in [-0.25, -0.2) is 0 Å². The number of aromatic nitrogens is 1. The van der Waals surface area contributed by atoms with E-state index in [0.29, 0.717) is 18.7 Å². The molecule has 0 radical (unpaired) electrons. The van der Waals surface area contributed by atoms with Crippen LogP contribution in [0.4, 0.5) is 24.0 Å². The Morgan fingerprint density at radius 1 is 1.26 bits per heavy atom. The number of nitro groups is 1. The monoisotopic (exact) mass is 455 g/mol. The number of piperazine rings is 1. The number of likely N-dealkylation sites (N-methyl/N-ethyl adjacent to an activating group) is 1. The van der Waals surface area contributed by atoms with E-state index in [1.165, 1.54) is 0 Å². The van der Waals surface area contributed by atoms with E-state index in [1.807, 2.05) is 0 Å². The molecule has 0 N–H and O–H groups in total. The SMILES string of the molecule is CN1CCN(CC#CCN(C)c2nc(=O)c3cc(C(F)(F)F)cc([N+](=O)[O-])c3s2)CC1. The van der Waals surface area contributed by atoms with Crippen LogP contribution in [0.3, 0.4) is 0 Å². The highest BCUT2D eigenvalue weighted by Crippen LogP contribution is 2.38. The van der Waals surface area contributed by atoms with Crippen molar-refractivity contribution in [3.8, 4) is 11.8 Å². The first kappa shape index (κ1) is 22.9. The van der Waals surface area contributed by atoms with Gasteiger partial charge in [0.15, 0.2) is 5.13 Å². The standard InChI is InChI=1S/C19H20F3N5O3S/c1-24-7-9-26(10-8-24)6-4-3-5-25(2)18-23-17(28)14-11-13(19(20,21)22)12-15(27(29)30)16(14)31-18/h11-12H,5-10H2,1-2H3. The Labute approximate surface area is 180 Å². The van der Waals surface area contributed by atoms with Crippen molar-refractivity contribution >= 4 is 32.2 Å². The second-order valence-electron chi connectivity index (χ2n) is 7.22. The second kappa shape index (κ2) is 9.17. The van der Waals surface area contributed by atoms with E-state index in [0.717, 1.165) is 37.5 Å². The van der Waals surface area contributed by atoms with Gasteiger partial charge >= 0.3 is 6.18 Å². The molecule has 0 unspecified atom stereocenters. The van der Waals surface area contributed by atoms with Crippen LogP contribution in [0.5, 0.6) is 0 Å². The molecular weight excluding hydrogens is 435 g/mol. The van der Waals surface area contributed by atoms with Gasteiger partial charge in [0.05, 0.1) is 29.0 Å². The lowest BCUT2D eigenvalue weighted by Gasteiger charge is -2.30. The van der Waals surface area contributed by atoms with Crippen LogP contribution in [0.2, 0.25) is 0 Å². The van der Waals surface area contributed by atoms with E-state index in [1.54, 1.807) is 11.9 Å². The summed E-state index contributed by atoms with van der Waals surface area (Å²) in [6, 6.07) is 1.05. The molecular formula is C19H20F3N5O3S. The highest BCUT2D eigenvalue weighted by molar-refractivity contribution is 7.22. The van der Waals surface area contributed by atoms with Crippen molar-refractivity contribution in [2.45, 2.75) is 6.18 Å². The minimum atomic E-state index is -4.81. The third kappa shape index (κ3) is 5.49. The number of hydrogen-bond acceptors (Lipinski definition) is 8. The van der Waals surface area contributed by atoms with Gasteiger partial charge in [-0.15, -0.1) is 0 Å². The largest absolute Gasteiger partial charge is 0.416 e. The van der Waals surface area contributed by atoms with Crippen molar-refractivity contribution in [3.63, 3.8) is 0 Å². The quantitative estimate of drug-likeness (QED) is 0.397. The van der Waals surface area contributed by atoms with E-state index in [2.05, 4.69) is 33.7 Å². The molecule has 2 aromatic rings. The molecule has 0 aliphatic carbocycles. The summed E-state index contributed by atoms with van der Waals surface area (Å²) in [6.45, 7) is 4.64. The number of hydrogen-bond donors (Lipinski definition) is 0. The molecule has 0 saturated carbocycles. The predicted molar refractivity (Wildman–Crippen MR) is 113 cm³/mol. The molecule has 1 aromatic carbocycles. The maximum atomic E-state index is 13.1. The summed E-state index contributed by atoms with van der Waals surface area (Å²) < 4.78 is 39.0. The number of fused-ring (bicyclic) bond motifs is 1. The highest BCUT2D eigenvalue weighted by Gasteiger charge is 2.34. The molecule has 1 aliphatic heterocycles. The molecule has 1 aromatic heterocycles. The van der Waals surface area contributed by atoms with Crippen LogP contribution in [-0.2, 0) is 6.18 Å². The van der Waals surface area contributed by atoms with Crippen LogP contribution in [-0.4, -0.2) is 73.1 Å². The first-order valence-electron chi connectivity index (χ1n) is 9.34. The summed E-state index contributed by atoms with van der Waals surface area (Å²) in [5, 5.41) is 11.1. The lowest BCUT2D eigenvalue weighted by atomic mass is 10.1. The molecule has 12 heteroatoms. The number of anilines is 1. The van der Waals surface area contributed by atoms with Crippen LogP contribution in [0, 0.1) is 22.0 Å². The van der Waals surface area contributed by atoms with Crippen LogP contribution in [0.15, 0.2) is 16.9 Å². The van der Waals surface area contributed by atoms with E-state index >= 15 is 0 Å². The Hall–Kier alpha value is -2.75. The summed E-state index contributed by atoms with van der Waals surface area (Å²) in [6.07, 6.45) is -4.81. The van der Waals surface area contributed by atoms with Gasteiger partial charge in [-0.1, -0.05) is 23.2 Å². The number of halogens is 3. The van der Waals surface area contributed by atoms with Gasteiger partial charge in [-0.2, -0.15) is 18.2 Å². The lowest BCUT2D eigenvalue weighted by molar-refractivity contribution is -0.383. The number of non-ortho nitro benzene ring substituents is 1. The molecule has 8 nitrogen and oxygen atoms in total. The maximum absolute atomic E-state index is 13.1. The Bertz CT molecular complexity index is 1100. The molecule has 0 spiro atoms. The smallest absolute Gasteiger partial charge is 0.340 e. The molecule has 2 heterocycles. The molecule has 0 bridgehead atoms. The van der Waals surface area contributed by atoms with Crippen molar-refractivity contribution in [1.29, 1.82) is 0 Å². The van der Waals surface area contributed by atoms with Crippen molar-refractivity contribution in [3.05, 3.63) is 38.2 Å². The normalized spacial score (nSPS) is 15.5. The fourth-order valence-electron chi connectivity index (χ4n) is 3.02. The molecule has 0 atom stereocenters. The molecule has 1 saturated heterocycles. The van der Waals surface area contributed by atoms with Gasteiger partial charge in [-0.3, -0.25) is 19.8 Å². The zero-order valence-corrected chi connectivity index (χ0v) is 17.7. The summed E-state index contributed by atoms with van der Waals surface area (Å²) >= 11 is 0.792. The number of nitrogens with zero attached hydrogens (tertiary/aromatic N) is 5. The Morgan fingerprint density at radius 3 is 2.55 bits per heavy atom. The average molecular weight is 455 g/mol. The van der Waals surface area contributed by atoms with Gasteiger partial charge in [0.25, 0.3) is 11.2 Å². The zero-order chi connectivity index (χ0) is 22.8. The fraction of sp³-hybridized carbons (Fsp3) is 0.474. The third-order valence-corrected chi connectivity index (χ3v) is 6.10. The van der Waals surface area contributed by atoms with Crippen molar-refractivity contribution < 1.29 is 18.1 Å². The summed E-state index contributed by atoms with van der Waals surface area (Å²) in [7, 11) is 3.68. The van der Waals surface area contributed by atoms with Crippen LogP contribution in [0.1, 0.15) is 5.56 Å². The minimum Gasteiger partial charge on any atom is -0.340 e. The van der Waals surface area contributed by atoms with Gasteiger partial charge < -0.3 is 9.80 Å². The van der Waals surface area contributed by atoms with Crippen LogP contribution >= 0.6 is 11.3 Å². The number of nitro benzene ring substituents is 1. The Balaban J connectivity index is 1.83. The minimum absolute atomic E-state index is 0.147. The Kier molecular flexibility index (Phi) is 6.78. The molecule has 3 rings (SSSR count). The topological polar surface area (TPSA) is 82.8 Å². The van der Waals surface area contributed by atoms with Gasteiger partial charge in [-0.05, 0) is 13.1 Å². The first-order chi connectivity index (χ1) is 14.6. The maximum Gasteiger partial charge on any atom is 0.416 e. The molecule has 1 fully saturated rings. The average Bonchev–Trinajstić information content (AvgIpc) is 2.70. The second-order valence-corrected chi connectivity index (χ2v) is 8.20. The predicted octanol–water partition coefficient (Wildman–Crippen LogP) is 2.27. The lowest BCUT2D eigenvalue weighted by Crippen LogP contribution is -2.44. The number of benzene rings is 1. The van der Waals surface area contributed by atoms with E-state index in [4.69, 9.17) is 0 Å².